The van der Waals surface area contributed by atoms with Gasteiger partial charge in [0, 0.05) is 6.54 Å². The number of nitrogens with one attached hydrogen (secondary N) is 1. The first-order chi connectivity index (χ1) is 6.65. The minimum atomic E-state index is -0.759. The average Bonchev–Trinajstić information content (AvgIpc) is 2.16. The highest BCUT2D eigenvalue weighted by Gasteiger charge is 2.05. The van der Waals surface area contributed by atoms with Gasteiger partial charge in [-0.25, -0.2) is 0 Å². The Balaban J connectivity index is 2.66. The second kappa shape index (κ2) is 5.20. The minimum absolute atomic E-state index is 0.253. The Labute approximate surface area is 88.3 Å². The summed E-state index contributed by atoms with van der Waals surface area (Å²) in [6, 6.07) is 5.58. The number of hydrogen-bond donors (Lipinski definition) is 3. The number of rotatable bonds is 4. The van der Waals surface area contributed by atoms with Crippen molar-refractivity contribution in [2.24, 2.45) is 0 Å². The molecule has 0 amide bonds. The highest BCUT2D eigenvalue weighted by Crippen LogP contribution is 2.24. The van der Waals surface area contributed by atoms with Crippen LogP contribution in [-0.4, -0.2) is 29.5 Å². The van der Waals surface area contributed by atoms with E-state index in [1.54, 1.807) is 6.07 Å². The first-order valence-corrected chi connectivity index (χ1v) is 4.81. The van der Waals surface area contributed by atoms with E-state index >= 15 is 0 Å². The normalized spacial score (nSPS) is 12.6. The van der Waals surface area contributed by atoms with Crippen LogP contribution in [-0.2, 0) is 0 Å². The summed E-state index contributed by atoms with van der Waals surface area (Å²) < 4.78 is 0. The van der Waals surface area contributed by atoms with Crippen LogP contribution in [0.5, 0.6) is 0 Å². The van der Waals surface area contributed by atoms with Crippen molar-refractivity contribution >= 4 is 17.3 Å². The first kappa shape index (κ1) is 11.3. The van der Waals surface area contributed by atoms with E-state index in [1.165, 1.54) is 0 Å². The molecule has 0 saturated heterocycles. The third-order valence-electron chi connectivity index (χ3n) is 1.95. The Bertz CT molecular complexity index is 284. The van der Waals surface area contributed by atoms with E-state index in [0.717, 1.165) is 11.3 Å². The molecule has 3 N–H and O–H groups in total. The molecule has 4 heteroatoms. The van der Waals surface area contributed by atoms with Crippen molar-refractivity contribution < 1.29 is 10.2 Å². The van der Waals surface area contributed by atoms with Gasteiger partial charge in [0.05, 0.1) is 23.4 Å². The van der Waals surface area contributed by atoms with Crippen molar-refractivity contribution in [2.45, 2.75) is 13.0 Å². The maximum Gasteiger partial charge on any atom is 0.0942 e. The van der Waals surface area contributed by atoms with E-state index in [9.17, 15) is 0 Å². The lowest BCUT2D eigenvalue weighted by atomic mass is 10.2. The predicted molar refractivity (Wildman–Crippen MR) is 57.8 cm³/mol. The lowest BCUT2D eigenvalue weighted by molar-refractivity contribution is 0.105. The number of aliphatic hydroxyl groups is 2. The zero-order valence-electron chi connectivity index (χ0n) is 8.00. The van der Waals surface area contributed by atoms with Gasteiger partial charge < -0.3 is 15.5 Å². The summed E-state index contributed by atoms with van der Waals surface area (Å²) >= 11 is 5.95. The Morgan fingerprint density at radius 2 is 2.21 bits per heavy atom. The molecule has 0 aliphatic heterocycles. The van der Waals surface area contributed by atoms with E-state index < -0.39 is 6.10 Å². The van der Waals surface area contributed by atoms with Gasteiger partial charge in [-0.05, 0) is 18.6 Å². The molecule has 0 unspecified atom stereocenters. The lowest BCUT2D eigenvalue weighted by Gasteiger charge is -2.13. The largest absolute Gasteiger partial charge is 0.394 e. The van der Waals surface area contributed by atoms with Crippen LogP contribution >= 0.6 is 11.6 Å². The molecule has 0 aromatic heterocycles. The molecule has 1 atom stereocenters. The molecule has 0 bridgehead atoms. The van der Waals surface area contributed by atoms with Gasteiger partial charge in [0.2, 0.25) is 0 Å². The third kappa shape index (κ3) is 2.87. The van der Waals surface area contributed by atoms with Gasteiger partial charge in [-0.3, -0.25) is 0 Å². The van der Waals surface area contributed by atoms with Gasteiger partial charge in [0.25, 0.3) is 0 Å². The molecule has 0 aliphatic carbocycles. The van der Waals surface area contributed by atoms with Crippen molar-refractivity contribution in [3.05, 3.63) is 28.8 Å². The number of anilines is 1. The number of aryl methyl sites for hydroxylation is 1. The summed E-state index contributed by atoms with van der Waals surface area (Å²) in [7, 11) is 0. The van der Waals surface area contributed by atoms with Crippen LogP contribution in [0.3, 0.4) is 0 Å². The molecule has 0 saturated carbocycles. The fraction of sp³-hybridized carbons (Fsp3) is 0.400. The Morgan fingerprint density at radius 1 is 1.50 bits per heavy atom. The van der Waals surface area contributed by atoms with E-state index in [0.29, 0.717) is 11.6 Å². The van der Waals surface area contributed by atoms with Crippen LogP contribution < -0.4 is 5.32 Å². The lowest BCUT2D eigenvalue weighted by Crippen LogP contribution is -2.23. The minimum Gasteiger partial charge on any atom is -0.394 e. The molecular formula is C10H14ClNO2. The Hall–Kier alpha value is -0.770. The van der Waals surface area contributed by atoms with Gasteiger partial charge in [-0.15, -0.1) is 0 Å². The summed E-state index contributed by atoms with van der Waals surface area (Å²) in [4.78, 5) is 0. The smallest absolute Gasteiger partial charge is 0.0942 e. The molecule has 1 rings (SSSR count). The molecule has 14 heavy (non-hydrogen) atoms. The second-order valence-electron chi connectivity index (χ2n) is 3.15. The van der Waals surface area contributed by atoms with Gasteiger partial charge in [-0.2, -0.15) is 0 Å². The topological polar surface area (TPSA) is 52.5 Å². The van der Waals surface area contributed by atoms with Crippen LogP contribution in [0.4, 0.5) is 5.69 Å². The molecule has 0 aliphatic rings. The molecule has 0 heterocycles. The standard InChI is InChI=1S/C10H14ClNO2/c1-7-3-2-4-9(11)10(7)12-5-8(14)6-13/h2-4,8,12-14H,5-6H2,1H3/t8-/m0/s1. The average molecular weight is 216 g/mol. The Kier molecular flexibility index (Phi) is 4.20. The van der Waals surface area contributed by atoms with Crippen LogP contribution in [0.2, 0.25) is 5.02 Å². The monoisotopic (exact) mass is 215 g/mol. The van der Waals surface area contributed by atoms with E-state index in [1.807, 2.05) is 19.1 Å². The Morgan fingerprint density at radius 3 is 2.79 bits per heavy atom. The van der Waals surface area contributed by atoms with Crippen LogP contribution in [0.1, 0.15) is 5.56 Å². The van der Waals surface area contributed by atoms with E-state index in [-0.39, 0.29) is 6.61 Å². The number of halogens is 1. The highest BCUT2D eigenvalue weighted by atomic mass is 35.5. The van der Waals surface area contributed by atoms with Gasteiger partial charge in [0.15, 0.2) is 0 Å². The van der Waals surface area contributed by atoms with Crippen LogP contribution in [0, 0.1) is 6.92 Å². The third-order valence-corrected chi connectivity index (χ3v) is 2.26. The van der Waals surface area contributed by atoms with Crippen LogP contribution in [0.15, 0.2) is 18.2 Å². The number of aliphatic hydroxyl groups excluding tert-OH is 2. The van der Waals surface area contributed by atoms with E-state index in [4.69, 9.17) is 21.8 Å². The molecule has 1 aromatic carbocycles. The molecule has 3 nitrogen and oxygen atoms in total. The van der Waals surface area contributed by atoms with Gasteiger partial charge in [-0.1, -0.05) is 23.7 Å². The molecule has 0 spiro atoms. The second-order valence-corrected chi connectivity index (χ2v) is 3.56. The number of para-hydroxylation sites is 1. The fourth-order valence-electron chi connectivity index (χ4n) is 1.14. The molecular weight excluding hydrogens is 202 g/mol. The van der Waals surface area contributed by atoms with Crippen LogP contribution in [0.25, 0.3) is 0 Å². The van der Waals surface area contributed by atoms with Crippen molar-refractivity contribution in [1.82, 2.24) is 0 Å². The summed E-state index contributed by atoms with van der Waals surface area (Å²) in [6.07, 6.45) is -0.759. The maximum absolute atomic E-state index is 9.15. The van der Waals surface area contributed by atoms with Crippen molar-refractivity contribution in [2.75, 3.05) is 18.5 Å². The fourth-order valence-corrected chi connectivity index (χ4v) is 1.43. The molecule has 1 aromatic rings. The number of hydrogen-bond acceptors (Lipinski definition) is 3. The van der Waals surface area contributed by atoms with Crippen molar-refractivity contribution in [1.29, 1.82) is 0 Å². The van der Waals surface area contributed by atoms with Crippen molar-refractivity contribution in [3.8, 4) is 0 Å². The molecule has 0 radical (unpaired) electrons. The number of benzene rings is 1. The zero-order chi connectivity index (χ0) is 10.6. The highest BCUT2D eigenvalue weighted by molar-refractivity contribution is 6.33. The first-order valence-electron chi connectivity index (χ1n) is 4.43. The van der Waals surface area contributed by atoms with Gasteiger partial charge >= 0.3 is 0 Å². The summed E-state index contributed by atoms with van der Waals surface area (Å²) in [5.74, 6) is 0. The van der Waals surface area contributed by atoms with Crippen molar-refractivity contribution in [3.63, 3.8) is 0 Å². The summed E-state index contributed by atoms with van der Waals surface area (Å²) in [5, 5.41) is 21.4. The zero-order valence-corrected chi connectivity index (χ0v) is 8.75. The molecule has 0 fully saturated rings. The SMILES string of the molecule is Cc1cccc(Cl)c1NC[C@H](O)CO. The quantitative estimate of drug-likeness (QED) is 0.712. The van der Waals surface area contributed by atoms with Gasteiger partial charge in [0.1, 0.15) is 0 Å². The summed E-state index contributed by atoms with van der Waals surface area (Å²) in [5.41, 5.74) is 1.82. The van der Waals surface area contributed by atoms with E-state index in [2.05, 4.69) is 5.32 Å². The summed E-state index contributed by atoms with van der Waals surface area (Å²) in [6.45, 7) is 1.97. The molecule has 78 valence electrons. The maximum atomic E-state index is 9.15. The predicted octanol–water partition coefficient (Wildman–Crippen LogP) is 1.41.